The first kappa shape index (κ1) is 20.6. The Morgan fingerprint density at radius 3 is 2.60 bits per heavy atom. The number of aromatic nitrogens is 2. The van der Waals surface area contributed by atoms with Gasteiger partial charge in [0.15, 0.2) is 5.78 Å². The van der Waals surface area contributed by atoms with E-state index < -0.39 is 5.91 Å². The van der Waals surface area contributed by atoms with Gasteiger partial charge >= 0.3 is 0 Å². The average Bonchev–Trinajstić information content (AvgIpc) is 2.98. The predicted octanol–water partition coefficient (Wildman–Crippen LogP) is 2.94. The third kappa shape index (κ3) is 3.86. The molecule has 7 nitrogen and oxygen atoms in total. The molecule has 0 unspecified atom stereocenters. The number of piperidine rings is 1. The van der Waals surface area contributed by atoms with Crippen molar-refractivity contribution in [2.24, 2.45) is 11.1 Å². The van der Waals surface area contributed by atoms with Crippen LogP contribution in [-0.4, -0.2) is 52.5 Å². The summed E-state index contributed by atoms with van der Waals surface area (Å²) < 4.78 is 1.87. The van der Waals surface area contributed by atoms with Crippen molar-refractivity contribution >= 4 is 17.4 Å². The third-order valence-corrected chi connectivity index (χ3v) is 6.31. The first-order valence-corrected chi connectivity index (χ1v) is 10.7. The lowest BCUT2D eigenvalue weighted by Gasteiger charge is -2.31. The summed E-state index contributed by atoms with van der Waals surface area (Å²) in [5.74, 6) is -0.296. The van der Waals surface area contributed by atoms with E-state index in [9.17, 15) is 9.59 Å². The van der Waals surface area contributed by atoms with Gasteiger partial charge in [-0.1, -0.05) is 13.8 Å². The molecule has 0 atom stereocenters. The summed E-state index contributed by atoms with van der Waals surface area (Å²) in [7, 11) is 2.12. The van der Waals surface area contributed by atoms with E-state index >= 15 is 0 Å². The Bertz CT molecular complexity index is 999. The maximum absolute atomic E-state index is 12.7. The zero-order valence-corrected chi connectivity index (χ0v) is 18.3. The van der Waals surface area contributed by atoms with Crippen LogP contribution in [0.4, 0.5) is 5.69 Å². The van der Waals surface area contributed by atoms with E-state index in [4.69, 9.17) is 10.8 Å². The minimum absolute atomic E-state index is 0.101. The number of hydrogen-bond acceptors (Lipinski definition) is 5. The molecule has 2 heterocycles. The summed E-state index contributed by atoms with van der Waals surface area (Å²) in [5, 5.41) is 8.23. The van der Waals surface area contributed by atoms with Crippen molar-refractivity contribution in [2.75, 3.05) is 25.5 Å². The quantitative estimate of drug-likeness (QED) is 0.810. The summed E-state index contributed by atoms with van der Waals surface area (Å²) >= 11 is 0. The molecule has 7 heteroatoms. The molecule has 2 aromatic rings. The molecule has 0 spiro atoms. The molecule has 1 saturated heterocycles. The normalized spacial score (nSPS) is 19.5. The lowest BCUT2D eigenvalue weighted by atomic mass is 9.75. The van der Waals surface area contributed by atoms with Gasteiger partial charge in [-0.15, -0.1) is 0 Å². The number of hydrogen-bond donors (Lipinski definition) is 2. The molecular formula is C23H31N5O2. The van der Waals surface area contributed by atoms with Crippen molar-refractivity contribution in [1.29, 1.82) is 0 Å². The second-order valence-electron chi connectivity index (χ2n) is 9.58. The lowest BCUT2D eigenvalue weighted by Crippen LogP contribution is -2.37. The van der Waals surface area contributed by atoms with Gasteiger partial charge in [-0.05, 0) is 69.9 Å². The van der Waals surface area contributed by atoms with Crippen molar-refractivity contribution < 1.29 is 9.59 Å². The van der Waals surface area contributed by atoms with Gasteiger partial charge in [0.25, 0.3) is 5.91 Å². The molecule has 30 heavy (non-hydrogen) atoms. The van der Waals surface area contributed by atoms with Gasteiger partial charge in [-0.2, -0.15) is 5.10 Å². The molecule has 1 aliphatic heterocycles. The molecule has 160 valence electrons. The van der Waals surface area contributed by atoms with Gasteiger partial charge < -0.3 is 16.0 Å². The molecule has 0 saturated carbocycles. The maximum atomic E-state index is 12.7. The zero-order valence-electron chi connectivity index (χ0n) is 18.3. The van der Waals surface area contributed by atoms with Crippen LogP contribution in [-0.2, 0) is 6.42 Å². The number of nitrogens with one attached hydrogen (secondary N) is 1. The van der Waals surface area contributed by atoms with Gasteiger partial charge in [-0.3, -0.25) is 9.59 Å². The number of ketones is 1. The van der Waals surface area contributed by atoms with Crippen LogP contribution in [0.15, 0.2) is 18.2 Å². The number of carbonyl (C=O) groups is 2. The SMILES string of the molecule is Cc1nn(-c2ccc(C(N)=O)c(NC3CCN(C)CC3)c2)c2c1C(=O)CC(C)(C)C2. The largest absolute Gasteiger partial charge is 0.382 e. The fraction of sp³-hybridized carbons (Fsp3) is 0.522. The van der Waals surface area contributed by atoms with Crippen LogP contribution in [0.2, 0.25) is 0 Å². The Morgan fingerprint density at radius 2 is 1.93 bits per heavy atom. The van der Waals surface area contributed by atoms with Gasteiger partial charge in [0, 0.05) is 18.2 Å². The summed E-state index contributed by atoms with van der Waals surface area (Å²) in [6.45, 7) is 8.16. The number of nitrogens with zero attached hydrogens (tertiary/aromatic N) is 3. The molecule has 1 amide bonds. The molecule has 2 aliphatic rings. The number of likely N-dealkylation sites (tertiary alicyclic amines) is 1. The van der Waals surface area contributed by atoms with Gasteiger partial charge in [-0.25, -0.2) is 4.68 Å². The Hall–Kier alpha value is -2.67. The number of Topliss-reactive ketones (excluding diaryl/α,β-unsaturated/α-hetero) is 1. The monoisotopic (exact) mass is 409 g/mol. The van der Waals surface area contributed by atoms with Crippen molar-refractivity contribution in [3.05, 3.63) is 40.7 Å². The fourth-order valence-corrected chi connectivity index (χ4v) is 4.72. The lowest BCUT2D eigenvalue weighted by molar-refractivity contribution is 0.0909. The van der Waals surface area contributed by atoms with Gasteiger partial charge in [0.2, 0.25) is 0 Å². The Labute approximate surface area is 177 Å². The fourth-order valence-electron chi connectivity index (χ4n) is 4.72. The minimum atomic E-state index is -0.452. The van der Waals surface area contributed by atoms with E-state index in [1.807, 2.05) is 23.7 Å². The number of benzene rings is 1. The highest BCUT2D eigenvalue weighted by atomic mass is 16.1. The number of amides is 1. The second-order valence-corrected chi connectivity index (χ2v) is 9.58. The number of nitrogens with two attached hydrogens (primary N) is 1. The predicted molar refractivity (Wildman–Crippen MR) is 117 cm³/mol. The number of aryl methyl sites for hydroxylation is 1. The van der Waals surface area contributed by atoms with Crippen LogP contribution in [0.5, 0.6) is 0 Å². The number of rotatable bonds is 4. The van der Waals surface area contributed by atoms with Crippen molar-refractivity contribution in [2.45, 2.75) is 52.5 Å². The van der Waals surface area contributed by atoms with E-state index in [-0.39, 0.29) is 11.2 Å². The highest BCUT2D eigenvalue weighted by Crippen LogP contribution is 2.37. The molecule has 1 aliphatic carbocycles. The van der Waals surface area contributed by atoms with E-state index in [1.165, 1.54) is 0 Å². The molecule has 3 N–H and O–H groups in total. The third-order valence-electron chi connectivity index (χ3n) is 6.31. The van der Waals surface area contributed by atoms with Crippen LogP contribution < -0.4 is 11.1 Å². The number of anilines is 1. The Kier molecular flexibility index (Phi) is 5.18. The Balaban J connectivity index is 1.73. The highest BCUT2D eigenvalue weighted by Gasteiger charge is 2.35. The van der Waals surface area contributed by atoms with E-state index in [0.29, 0.717) is 18.0 Å². The van der Waals surface area contributed by atoms with Crippen molar-refractivity contribution in [3.8, 4) is 5.69 Å². The molecule has 1 aromatic carbocycles. The van der Waals surface area contributed by atoms with Crippen LogP contribution in [0.1, 0.15) is 65.2 Å². The molecule has 0 radical (unpaired) electrons. The smallest absolute Gasteiger partial charge is 0.250 e. The molecule has 0 bridgehead atoms. The number of primary amides is 1. The summed E-state index contributed by atoms with van der Waals surface area (Å²) in [5.41, 5.74) is 10.1. The molecule has 1 aromatic heterocycles. The maximum Gasteiger partial charge on any atom is 0.250 e. The summed E-state index contributed by atoms with van der Waals surface area (Å²) in [4.78, 5) is 27.1. The van der Waals surface area contributed by atoms with Crippen LogP contribution >= 0.6 is 0 Å². The zero-order chi connectivity index (χ0) is 21.6. The molecular weight excluding hydrogens is 378 g/mol. The standard InChI is InChI=1S/C23H31N5O2/c1-14-21-19(12-23(2,3)13-20(21)29)28(26-14)16-5-6-17(22(24)30)18(11-16)25-15-7-9-27(4)10-8-15/h5-6,11,15,25H,7-10,12-13H2,1-4H3,(H2,24,30). The summed E-state index contributed by atoms with van der Waals surface area (Å²) in [6.07, 6.45) is 3.34. The Morgan fingerprint density at radius 1 is 1.23 bits per heavy atom. The average molecular weight is 410 g/mol. The van der Waals surface area contributed by atoms with Crippen molar-refractivity contribution in [1.82, 2.24) is 14.7 Å². The minimum Gasteiger partial charge on any atom is -0.382 e. The van der Waals surface area contributed by atoms with Gasteiger partial charge in [0.1, 0.15) is 0 Å². The number of carbonyl (C=O) groups excluding carboxylic acids is 2. The molecule has 1 fully saturated rings. The van der Waals surface area contributed by atoms with E-state index in [0.717, 1.165) is 60.7 Å². The van der Waals surface area contributed by atoms with E-state index in [2.05, 4.69) is 31.1 Å². The summed E-state index contributed by atoms with van der Waals surface area (Å²) in [6, 6.07) is 5.85. The van der Waals surface area contributed by atoms with E-state index in [1.54, 1.807) is 6.07 Å². The first-order valence-electron chi connectivity index (χ1n) is 10.7. The van der Waals surface area contributed by atoms with Gasteiger partial charge in [0.05, 0.1) is 28.2 Å². The van der Waals surface area contributed by atoms with Crippen LogP contribution in [0.3, 0.4) is 0 Å². The topological polar surface area (TPSA) is 93.2 Å². The molecule has 4 rings (SSSR count). The first-order chi connectivity index (χ1) is 14.1. The van der Waals surface area contributed by atoms with Crippen LogP contribution in [0.25, 0.3) is 5.69 Å². The van der Waals surface area contributed by atoms with Crippen molar-refractivity contribution in [3.63, 3.8) is 0 Å². The highest BCUT2D eigenvalue weighted by molar-refractivity contribution is 6.00. The van der Waals surface area contributed by atoms with Crippen LogP contribution in [0, 0.1) is 12.3 Å². The number of fused-ring (bicyclic) bond motifs is 1. The second kappa shape index (κ2) is 7.54.